The van der Waals surface area contributed by atoms with Crippen molar-refractivity contribution in [2.75, 3.05) is 26.8 Å². The maximum Gasteiger partial charge on any atom is 0.166 e. The number of nitrogens with one attached hydrogen (secondary N) is 1. The van der Waals surface area contributed by atoms with E-state index in [4.69, 9.17) is 4.74 Å². The van der Waals surface area contributed by atoms with Crippen LogP contribution >= 0.6 is 11.3 Å². The van der Waals surface area contributed by atoms with Gasteiger partial charge in [-0.15, -0.1) is 10.2 Å². The number of hydrogen-bond donors (Lipinski definition) is 1. The zero-order valence-electron chi connectivity index (χ0n) is 10.3. The molecule has 5 nitrogen and oxygen atoms in total. The Hall–Kier alpha value is -1.37. The van der Waals surface area contributed by atoms with Gasteiger partial charge in [-0.1, -0.05) is 17.4 Å². The Balaban J connectivity index is 1.83. The van der Waals surface area contributed by atoms with Crippen LogP contribution in [0.5, 0.6) is 0 Å². The first-order chi connectivity index (χ1) is 8.90. The summed E-state index contributed by atoms with van der Waals surface area (Å²) in [4.78, 5) is 4.26. The largest absolute Gasteiger partial charge is 0.383 e. The van der Waals surface area contributed by atoms with Crippen LogP contribution in [-0.2, 0) is 11.2 Å². The SMILES string of the molecule is COCCNCCc1nnc(-c2ccccn2)s1. The summed E-state index contributed by atoms with van der Waals surface area (Å²) in [6.45, 7) is 2.48. The van der Waals surface area contributed by atoms with Crippen LogP contribution in [0.4, 0.5) is 0 Å². The van der Waals surface area contributed by atoms with Crippen molar-refractivity contribution in [3.05, 3.63) is 29.4 Å². The molecule has 0 aromatic carbocycles. The maximum absolute atomic E-state index is 4.96. The van der Waals surface area contributed by atoms with E-state index in [9.17, 15) is 0 Å². The van der Waals surface area contributed by atoms with Gasteiger partial charge in [0.15, 0.2) is 5.01 Å². The summed E-state index contributed by atoms with van der Waals surface area (Å²) in [5.74, 6) is 0. The molecule has 2 rings (SSSR count). The van der Waals surface area contributed by atoms with Gasteiger partial charge in [-0.3, -0.25) is 4.98 Å². The van der Waals surface area contributed by atoms with E-state index in [1.54, 1.807) is 24.6 Å². The first kappa shape index (κ1) is 13.1. The minimum atomic E-state index is 0.731. The first-order valence-corrected chi connectivity index (χ1v) is 6.65. The van der Waals surface area contributed by atoms with Gasteiger partial charge in [0, 0.05) is 32.8 Å². The van der Waals surface area contributed by atoms with Crippen molar-refractivity contribution in [3.8, 4) is 10.7 Å². The van der Waals surface area contributed by atoms with Crippen LogP contribution in [0.25, 0.3) is 10.7 Å². The number of pyridine rings is 1. The molecule has 6 heteroatoms. The van der Waals surface area contributed by atoms with Crippen molar-refractivity contribution in [1.29, 1.82) is 0 Å². The van der Waals surface area contributed by atoms with Gasteiger partial charge in [0.1, 0.15) is 10.7 Å². The molecule has 2 aromatic heterocycles. The number of rotatable bonds is 7. The lowest BCUT2D eigenvalue weighted by molar-refractivity contribution is 0.199. The van der Waals surface area contributed by atoms with Gasteiger partial charge in [-0.2, -0.15) is 0 Å². The molecule has 0 unspecified atom stereocenters. The Morgan fingerprint density at radius 1 is 1.28 bits per heavy atom. The van der Waals surface area contributed by atoms with Crippen molar-refractivity contribution in [1.82, 2.24) is 20.5 Å². The van der Waals surface area contributed by atoms with Gasteiger partial charge in [-0.25, -0.2) is 0 Å². The van der Waals surface area contributed by atoms with Gasteiger partial charge >= 0.3 is 0 Å². The van der Waals surface area contributed by atoms with Gasteiger partial charge in [-0.05, 0) is 12.1 Å². The van der Waals surface area contributed by atoms with Gasteiger partial charge in [0.2, 0.25) is 0 Å². The summed E-state index contributed by atoms with van der Waals surface area (Å²) in [5.41, 5.74) is 0.883. The summed E-state index contributed by atoms with van der Waals surface area (Å²) >= 11 is 1.59. The fourth-order valence-corrected chi connectivity index (χ4v) is 2.26. The second kappa shape index (κ2) is 7.15. The number of methoxy groups -OCH3 is 1. The fraction of sp³-hybridized carbons (Fsp3) is 0.417. The zero-order chi connectivity index (χ0) is 12.6. The van der Waals surface area contributed by atoms with Crippen LogP contribution in [0.3, 0.4) is 0 Å². The molecule has 0 aliphatic carbocycles. The Morgan fingerprint density at radius 3 is 3.00 bits per heavy atom. The van der Waals surface area contributed by atoms with E-state index in [0.29, 0.717) is 0 Å². The predicted octanol–water partition coefficient (Wildman–Crippen LogP) is 1.38. The average Bonchev–Trinajstić information content (AvgIpc) is 2.88. The molecule has 0 saturated carbocycles. The minimum Gasteiger partial charge on any atom is -0.383 e. The van der Waals surface area contributed by atoms with E-state index in [-0.39, 0.29) is 0 Å². The van der Waals surface area contributed by atoms with E-state index in [0.717, 1.165) is 41.8 Å². The van der Waals surface area contributed by atoms with Gasteiger partial charge < -0.3 is 10.1 Å². The molecule has 96 valence electrons. The Kier molecular flexibility index (Phi) is 5.19. The lowest BCUT2D eigenvalue weighted by atomic mass is 10.4. The molecule has 0 spiro atoms. The molecule has 0 saturated heterocycles. The highest BCUT2D eigenvalue weighted by molar-refractivity contribution is 7.14. The van der Waals surface area contributed by atoms with Crippen molar-refractivity contribution in [2.24, 2.45) is 0 Å². The first-order valence-electron chi connectivity index (χ1n) is 5.83. The molecule has 0 amide bonds. The molecule has 0 atom stereocenters. The van der Waals surface area contributed by atoms with E-state index in [2.05, 4.69) is 20.5 Å². The third kappa shape index (κ3) is 3.83. The molecular weight excluding hydrogens is 248 g/mol. The minimum absolute atomic E-state index is 0.731. The third-order valence-corrected chi connectivity index (χ3v) is 3.35. The number of aromatic nitrogens is 3. The van der Waals surface area contributed by atoms with Crippen LogP contribution in [0.1, 0.15) is 5.01 Å². The normalized spacial score (nSPS) is 10.7. The molecule has 18 heavy (non-hydrogen) atoms. The maximum atomic E-state index is 4.96. The highest BCUT2D eigenvalue weighted by Gasteiger charge is 2.06. The molecule has 1 N–H and O–H groups in total. The lowest BCUT2D eigenvalue weighted by Gasteiger charge is -2.00. The summed E-state index contributed by atoms with van der Waals surface area (Å²) in [7, 11) is 1.70. The second-order valence-electron chi connectivity index (χ2n) is 3.71. The van der Waals surface area contributed by atoms with E-state index in [1.165, 1.54) is 0 Å². The average molecular weight is 264 g/mol. The zero-order valence-corrected chi connectivity index (χ0v) is 11.1. The molecule has 0 aliphatic heterocycles. The lowest BCUT2D eigenvalue weighted by Crippen LogP contribution is -2.21. The summed E-state index contributed by atoms with van der Waals surface area (Å²) in [6.07, 6.45) is 2.65. The molecule has 0 aliphatic rings. The van der Waals surface area contributed by atoms with Crippen LogP contribution < -0.4 is 5.32 Å². The van der Waals surface area contributed by atoms with Crippen molar-refractivity contribution >= 4 is 11.3 Å². The van der Waals surface area contributed by atoms with Crippen LogP contribution in [0.2, 0.25) is 0 Å². The number of ether oxygens (including phenoxy) is 1. The van der Waals surface area contributed by atoms with Gasteiger partial charge in [0.05, 0.1) is 6.61 Å². The van der Waals surface area contributed by atoms with Crippen LogP contribution in [0.15, 0.2) is 24.4 Å². The number of hydrogen-bond acceptors (Lipinski definition) is 6. The summed E-state index contributed by atoms with van der Waals surface area (Å²) in [5, 5.41) is 13.5. The summed E-state index contributed by atoms with van der Waals surface area (Å²) in [6, 6.07) is 5.79. The molecule has 2 aromatic rings. The molecular formula is C12H16N4OS. The van der Waals surface area contributed by atoms with Gasteiger partial charge in [0.25, 0.3) is 0 Å². The van der Waals surface area contributed by atoms with Crippen molar-refractivity contribution in [2.45, 2.75) is 6.42 Å². The highest BCUT2D eigenvalue weighted by Crippen LogP contribution is 2.20. The molecule has 0 fully saturated rings. The van der Waals surface area contributed by atoms with Crippen LogP contribution in [-0.4, -0.2) is 42.0 Å². The van der Waals surface area contributed by atoms with Crippen molar-refractivity contribution < 1.29 is 4.74 Å². The van der Waals surface area contributed by atoms with E-state index < -0.39 is 0 Å². The Morgan fingerprint density at radius 2 is 2.22 bits per heavy atom. The summed E-state index contributed by atoms with van der Waals surface area (Å²) < 4.78 is 4.96. The van der Waals surface area contributed by atoms with E-state index in [1.807, 2.05) is 18.2 Å². The Labute approximate surface area is 110 Å². The fourth-order valence-electron chi connectivity index (χ4n) is 1.44. The van der Waals surface area contributed by atoms with Crippen molar-refractivity contribution in [3.63, 3.8) is 0 Å². The Bertz CT molecular complexity index is 460. The predicted molar refractivity (Wildman–Crippen MR) is 71.6 cm³/mol. The quantitative estimate of drug-likeness (QED) is 0.766. The molecule has 0 radical (unpaired) electrons. The highest BCUT2D eigenvalue weighted by atomic mass is 32.1. The van der Waals surface area contributed by atoms with E-state index >= 15 is 0 Å². The topological polar surface area (TPSA) is 59.9 Å². The molecule has 2 heterocycles. The molecule has 0 bridgehead atoms. The third-order valence-electron chi connectivity index (χ3n) is 2.35. The van der Waals surface area contributed by atoms with Crippen LogP contribution in [0, 0.1) is 0 Å². The smallest absolute Gasteiger partial charge is 0.166 e. The number of nitrogens with zero attached hydrogens (tertiary/aromatic N) is 3. The standard InChI is InChI=1S/C12H16N4OS/c1-17-9-8-13-7-5-11-15-16-12(18-11)10-4-2-3-6-14-10/h2-4,6,13H,5,7-9H2,1H3. The monoisotopic (exact) mass is 264 g/mol. The second-order valence-corrected chi connectivity index (χ2v) is 4.77.